The highest BCUT2D eigenvalue weighted by atomic mass is 32.1. The second kappa shape index (κ2) is 9.18. The number of carbonyl (C=O) groups is 3. The van der Waals surface area contributed by atoms with Crippen LogP contribution >= 0.6 is 11.3 Å². The van der Waals surface area contributed by atoms with E-state index in [0.29, 0.717) is 42.6 Å². The molecule has 3 aromatic rings. The minimum atomic E-state index is -0.692. The quantitative estimate of drug-likeness (QED) is 0.503. The number of nitrogens with zero attached hydrogens (tertiary/aromatic N) is 3. The third kappa shape index (κ3) is 4.10. The summed E-state index contributed by atoms with van der Waals surface area (Å²) >= 11 is 1.53. The molecule has 8 nitrogen and oxygen atoms in total. The van der Waals surface area contributed by atoms with Gasteiger partial charge in [0.2, 0.25) is 5.91 Å². The number of benzene rings is 2. The van der Waals surface area contributed by atoms with Crippen molar-refractivity contribution in [3.8, 4) is 11.5 Å². The molecule has 5 rings (SSSR count). The maximum Gasteiger partial charge on any atom is 0.332 e. The van der Waals surface area contributed by atoms with Gasteiger partial charge in [-0.2, -0.15) is 0 Å². The number of ether oxygens (including phenoxy) is 2. The standard InChI is InChI=1S/C25H23N3O5S/c1-17-24(30)27(25(31)28(17)18-6-3-2-4-7-18)16-23(29)26(15-20-8-5-13-34-20)19-9-10-21-22(14-19)33-12-11-32-21/h2-10,13-14,17H,11-12,15-16H2,1H3. The van der Waals surface area contributed by atoms with Crippen LogP contribution in [0.1, 0.15) is 11.8 Å². The Morgan fingerprint density at radius 3 is 2.53 bits per heavy atom. The maximum atomic E-state index is 13.5. The van der Waals surface area contributed by atoms with Gasteiger partial charge in [0.1, 0.15) is 25.8 Å². The lowest BCUT2D eigenvalue weighted by molar-refractivity contribution is -0.131. The number of imide groups is 1. The van der Waals surface area contributed by atoms with Crippen LogP contribution in [0.3, 0.4) is 0 Å². The van der Waals surface area contributed by atoms with Crippen molar-refractivity contribution in [1.29, 1.82) is 0 Å². The lowest BCUT2D eigenvalue weighted by Gasteiger charge is -2.26. The molecule has 174 valence electrons. The molecule has 2 aromatic carbocycles. The molecule has 1 unspecified atom stereocenters. The Balaban J connectivity index is 1.41. The van der Waals surface area contributed by atoms with Crippen LogP contribution in [0, 0.1) is 0 Å². The van der Waals surface area contributed by atoms with Crippen molar-refractivity contribution in [2.75, 3.05) is 29.6 Å². The van der Waals surface area contributed by atoms with Crippen molar-refractivity contribution in [1.82, 2.24) is 4.90 Å². The number of urea groups is 1. The van der Waals surface area contributed by atoms with E-state index in [1.165, 1.54) is 16.2 Å². The summed E-state index contributed by atoms with van der Waals surface area (Å²) in [7, 11) is 0. The van der Waals surface area contributed by atoms with E-state index < -0.39 is 18.0 Å². The molecule has 2 aliphatic heterocycles. The van der Waals surface area contributed by atoms with Crippen LogP contribution in [0.15, 0.2) is 66.0 Å². The van der Waals surface area contributed by atoms with E-state index in [2.05, 4.69) is 0 Å². The van der Waals surface area contributed by atoms with Crippen LogP contribution in [-0.4, -0.2) is 48.5 Å². The van der Waals surface area contributed by atoms with Gasteiger partial charge in [-0.15, -0.1) is 11.3 Å². The van der Waals surface area contributed by atoms with Gasteiger partial charge in [0, 0.05) is 22.3 Å². The van der Waals surface area contributed by atoms with Gasteiger partial charge in [0.15, 0.2) is 11.5 Å². The second-order valence-corrected chi connectivity index (χ2v) is 9.01. The topological polar surface area (TPSA) is 79.4 Å². The zero-order valence-electron chi connectivity index (χ0n) is 18.5. The average molecular weight is 478 g/mol. The van der Waals surface area contributed by atoms with Gasteiger partial charge in [-0.25, -0.2) is 4.79 Å². The van der Waals surface area contributed by atoms with Crippen molar-refractivity contribution in [3.63, 3.8) is 0 Å². The maximum absolute atomic E-state index is 13.5. The van der Waals surface area contributed by atoms with Crippen molar-refractivity contribution < 1.29 is 23.9 Å². The predicted octanol–water partition coefficient (Wildman–Crippen LogP) is 3.91. The van der Waals surface area contributed by atoms with E-state index in [-0.39, 0.29) is 12.5 Å². The zero-order chi connectivity index (χ0) is 23.7. The number of fused-ring (bicyclic) bond motifs is 1. The highest BCUT2D eigenvalue weighted by Gasteiger charge is 2.44. The van der Waals surface area contributed by atoms with E-state index in [0.717, 1.165) is 9.78 Å². The molecule has 34 heavy (non-hydrogen) atoms. The molecule has 4 amide bonds. The van der Waals surface area contributed by atoms with Gasteiger partial charge in [-0.1, -0.05) is 24.3 Å². The molecule has 1 saturated heterocycles. The zero-order valence-corrected chi connectivity index (χ0v) is 19.4. The Labute approximate surface area is 200 Å². The summed E-state index contributed by atoms with van der Waals surface area (Å²) in [6.45, 7) is 2.52. The van der Waals surface area contributed by atoms with Crippen LogP contribution in [0.25, 0.3) is 0 Å². The Bertz CT molecular complexity index is 1210. The third-order valence-corrected chi connectivity index (χ3v) is 6.67. The molecule has 0 bridgehead atoms. The van der Waals surface area contributed by atoms with Gasteiger partial charge in [0.25, 0.3) is 5.91 Å². The smallest absolute Gasteiger partial charge is 0.332 e. The fourth-order valence-corrected chi connectivity index (χ4v) is 4.79. The number of rotatable bonds is 6. The third-order valence-electron chi connectivity index (χ3n) is 5.81. The Kier molecular flexibility index (Phi) is 5.93. The van der Waals surface area contributed by atoms with Gasteiger partial charge < -0.3 is 14.4 Å². The minimum absolute atomic E-state index is 0.310. The summed E-state index contributed by atoms with van der Waals surface area (Å²) in [5.41, 5.74) is 1.22. The van der Waals surface area contributed by atoms with Crippen LogP contribution in [-0.2, 0) is 16.1 Å². The lowest BCUT2D eigenvalue weighted by atomic mass is 10.2. The van der Waals surface area contributed by atoms with Gasteiger partial charge in [0.05, 0.1) is 6.54 Å². The van der Waals surface area contributed by atoms with E-state index >= 15 is 0 Å². The number of anilines is 2. The summed E-state index contributed by atoms with van der Waals surface area (Å²) in [4.78, 5) is 44.6. The number of thiophene rings is 1. The number of para-hydroxylation sites is 1. The molecule has 1 aromatic heterocycles. The van der Waals surface area contributed by atoms with Crippen LogP contribution in [0.2, 0.25) is 0 Å². The summed E-state index contributed by atoms with van der Waals surface area (Å²) in [6, 6.07) is 17.0. The van der Waals surface area contributed by atoms with Crippen LogP contribution < -0.4 is 19.3 Å². The van der Waals surface area contributed by atoms with E-state index in [9.17, 15) is 14.4 Å². The molecule has 2 aliphatic rings. The lowest BCUT2D eigenvalue weighted by Crippen LogP contribution is -2.43. The number of hydrogen-bond acceptors (Lipinski definition) is 6. The molecule has 1 fully saturated rings. The number of amides is 4. The van der Waals surface area contributed by atoms with E-state index in [1.807, 2.05) is 23.6 Å². The number of hydrogen-bond donors (Lipinski definition) is 0. The SMILES string of the molecule is CC1C(=O)N(CC(=O)N(Cc2cccs2)c2ccc3c(c2)OCCO3)C(=O)N1c1ccccc1. The summed E-state index contributed by atoms with van der Waals surface area (Å²) in [5.74, 6) is 0.412. The normalized spacial score (nSPS) is 17.3. The van der Waals surface area contributed by atoms with Crippen molar-refractivity contribution in [2.24, 2.45) is 0 Å². The molecule has 3 heterocycles. The molecule has 9 heteroatoms. The molecule has 0 aliphatic carbocycles. The summed E-state index contributed by atoms with van der Waals surface area (Å²) in [6.07, 6.45) is 0. The Morgan fingerprint density at radius 1 is 1.03 bits per heavy atom. The van der Waals surface area contributed by atoms with Gasteiger partial charge >= 0.3 is 6.03 Å². The highest BCUT2D eigenvalue weighted by molar-refractivity contribution is 7.09. The molecule has 0 spiro atoms. The predicted molar refractivity (Wildman–Crippen MR) is 128 cm³/mol. The molecule has 0 saturated carbocycles. The van der Waals surface area contributed by atoms with Gasteiger partial charge in [-0.05, 0) is 42.6 Å². The van der Waals surface area contributed by atoms with Crippen molar-refractivity contribution in [3.05, 3.63) is 70.9 Å². The molecule has 0 radical (unpaired) electrons. The van der Waals surface area contributed by atoms with Crippen LogP contribution in [0.5, 0.6) is 11.5 Å². The molecular weight excluding hydrogens is 454 g/mol. The van der Waals surface area contributed by atoms with Crippen molar-refractivity contribution in [2.45, 2.75) is 19.5 Å². The van der Waals surface area contributed by atoms with E-state index in [1.54, 1.807) is 54.3 Å². The summed E-state index contributed by atoms with van der Waals surface area (Å²) < 4.78 is 11.3. The van der Waals surface area contributed by atoms with E-state index in [4.69, 9.17) is 9.47 Å². The first kappa shape index (κ1) is 22.0. The minimum Gasteiger partial charge on any atom is -0.486 e. The van der Waals surface area contributed by atoms with Crippen molar-refractivity contribution >= 4 is 40.6 Å². The first-order chi connectivity index (χ1) is 16.5. The monoisotopic (exact) mass is 477 g/mol. The fraction of sp³-hybridized carbons (Fsp3) is 0.240. The first-order valence-electron chi connectivity index (χ1n) is 10.9. The second-order valence-electron chi connectivity index (χ2n) is 7.98. The number of carbonyl (C=O) groups excluding carboxylic acids is 3. The molecule has 0 N–H and O–H groups in total. The average Bonchev–Trinajstić information content (AvgIpc) is 3.45. The van der Waals surface area contributed by atoms with Crippen LogP contribution in [0.4, 0.5) is 16.2 Å². The highest BCUT2D eigenvalue weighted by Crippen LogP contribution is 2.35. The Hall–Kier alpha value is -3.85. The fourth-order valence-electron chi connectivity index (χ4n) is 4.10. The Morgan fingerprint density at radius 2 is 1.79 bits per heavy atom. The molecular formula is C25H23N3O5S. The summed E-state index contributed by atoms with van der Waals surface area (Å²) in [5, 5.41) is 1.94. The van der Waals surface area contributed by atoms with Gasteiger partial charge in [-0.3, -0.25) is 19.4 Å². The largest absolute Gasteiger partial charge is 0.486 e. The first-order valence-corrected chi connectivity index (χ1v) is 11.8. The molecule has 1 atom stereocenters.